The number of pyridine rings is 1. The van der Waals surface area contributed by atoms with E-state index in [0.29, 0.717) is 22.1 Å². The number of rotatable bonds is 5. The standard InChI is InChI=1S/C23H23N3O5S2/c1-15-7-9-19(10-8-15)33(30,31)26-12-11-20-21(14-25(3)23(27)22(20)26)18-6-4-5-17(13-18)16(2)32(24,28)29/h4-14,16H,1-3H3,(H2,24,28,29). The highest BCUT2D eigenvalue weighted by atomic mass is 32.2. The molecular formula is C23H23N3O5S2. The zero-order valence-electron chi connectivity index (χ0n) is 18.3. The number of aryl methyl sites for hydroxylation is 2. The largest absolute Gasteiger partial charge is 0.316 e. The van der Waals surface area contributed by atoms with Crippen LogP contribution >= 0.6 is 0 Å². The molecule has 0 amide bonds. The number of benzene rings is 2. The number of aromatic nitrogens is 2. The molecule has 0 fully saturated rings. The molecule has 1 unspecified atom stereocenters. The Bertz CT molecular complexity index is 1650. The van der Waals surface area contributed by atoms with Crippen molar-refractivity contribution in [2.75, 3.05) is 0 Å². The van der Waals surface area contributed by atoms with E-state index < -0.39 is 30.9 Å². The summed E-state index contributed by atoms with van der Waals surface area (Å²) in [6.07, 6.45) is 2.97. The maximum atomic E-state index is 13.3. The molecule has 4 rings (SSSR count). The van der Waals surface area contributed by atoms with Crippen LogP contribution in [0.5, 0.6) is 0 Å². The predicted octanol–water partition coefficient (Wildman–Crippen LogP) is 2.90. The zero-order valence-corrected chi connectivity index (χ0v) is 19.9. The van der Waals surface area contributed by atoms with E-state index in [1.54, 1.807) is 48.7 Å². The van der Waals surface area contributed by atoms with E-state index in [2.05, 4.69) is 0 Å². The average Bonchev–Trinajstić information content (AvgIpc) is 3.22. The van der Waals surface area contributed by atoms with E-state index in [9.17, 15) is 21.6 Å². The highest BCUT2D eigenvalue weighted by Gasteiger charge is 2.24. The Morgan fingerprint density at radius 1 is 0.970 bits per heavy atom. The number of hydrogen-bond donors (Lipinski definition) is 1. The van der Waals surface area contributed by atoms with Gasteiger partial charge in [-0.15, -0.1) is 0 Å². The minimum absolute atomic E-state index is 0.0143. The molecule has 8 nitrogen and oxygen atoms in total. The summed E-state index contributed by atoms with van der Waals surface area (Å²) in [5.41, 5.74) is 2.17. The Morgan fingerprint density at radius 2 is 1.64 bits per heavy atom. The van der Waals surface area contributed by atoms with Crippen LogP contribution in [0.15, 0.2) is 76.7 Å². The maximum absolute atomic E-state index is 13.3. The Labute approximate surface area is 192 Å². The lowest BCUT2D eigenvalue weighted by molar-refractivity contribution is 0.586. The van der Waals surface area contributed by atoms with Gasteiger partial charge in [0, 0.05) is 30.4 Å². The summed E-state index contributed by atoms with van der Waals surface area (Å²) >= 11 is 0. The fourth-order valence-electron chi connectivity index (χ4n) is 3.73. The maximum Gasteiger partial charge on any atom is 0.275 e. The van der Waals surface area contributed by atoms with Crippen molar-refractivity contribution in [1.29, 1.82) is 0 Å². The summed E-state index contributed by atoms with van der Waals surface area (Å²) in [5, 5.41) is 4.82. The van der Waals surface area contributed by atoms with Crippen LogP contribution < -0.4 is 10.7 Å². The van der Waals surface area contributed by atoms with Crippen LogP contribution in [0.4, 0.5) is 0 Å². The van der Waals surface area contributed by atoms with Crippen molar-refractivity contribution in [1.82, 2.24) is 8.54 Å². The molecule has 0 saturated heterocycles. The van der Waals surface area contributed by atoms with Gasteiger partial charge in [0.2, 0.25) is 10.0 Å². The highest BCUT2D eigenvalue weighted by molar-refractivity contribution is 7.90. The van der Waals surface area contributed by atoms with Crippen LogP contribution in [0.3, 0.4) is 0 Å². The number of nitrogens with zero attached hydrogens (tertiary/aromatic N) is 2. The number of nitrogens with two attached hydrogens (primary N) is 1. The molecule has 0 aliphatic rings. The number of sulfonamides is 1. The van der Waals surface area contributed by atoms with Gasteiger partial charge in [-0.2, -0.15) is 0 Å². The van der Waals surface area contributed by atoms with Crippen LogP contribution in [-0.4, -0.2) is 25.4 Å². The molecule has 0 aliphatic heterocycles. The SMILES string of the molecule is Cc1ccc(S(=O)(=O)n2ccc3c(-c4cccc(C(C)S(N)(=O)=O)c4)cn(C)c(=O)c32)cc1. The summed E-state index contributed by atoms with van der Waals surface area (Å²) in [4.78, 5) is 13.1. The van der Waals surface area contributed by atoms with Gasteiger partial charge < -0.3 is 4.57 Å². The van der Waals surface area contributed by atoms with Crippen molar-refractivity contribution >= 4 is 30.9 Å². The predicted molar refractivity (Wildman–Crippen MR) is 128 cm³/mol. The molecule has 4 aromatic rings. The Hall–Kier alpha value is -3.21. The van der Waals surface area contributed by atoms with Crippen LogP contribution in [0.1, 0.15) is 23.3 Å². The van der Waals surface area contributed by atoms with Gasteiger partial charge in [-0.3, -0.25) is 4.79 Å². The van der Waals surface area contributed by atoms with E-state index in [1.165, 1.54) is 36.9 Å². The smallest absolute Gasteiger partial charge is 0.275 e. The van der Waals surface area contributed by atoms with Crippen molar-refractivity contribution < 1.29 is 16.8 Å². The van der Waals surface area contributed by atoms with Crippen LogP contribution in [0.2, 0.25) is 0 Å². The molecule has 0 spiro atoms. The summed E-state index contributed by atoms with van der Waals surface area (Å²) in [6.45, 7) is 3.35. The number of hydrogen-bond acceptors (Lipinski definition) is 5. The normalized spacial score (nSPS) is 13.3. The Morgan fingerprint density at radius 3 is 2.27 bits per heavy atom. The molecule has 2 aromatic heterocycles. The molecule has 0 radical (unpaired) electrons. The third kappa shape index (κ3) is 4.01. The van der Waals surface area contributed by atoms with E-state index >= 15 is 0 Å². The van der Waals surface area contributed by atoms with Gasteiger partial charge in [-0.1, -0.05) is 35.9 Å². The van der Waals surface area contributed by atoms with Crippen molar-refractivity contribution in [3.63, 3.8) is 0 Å². The lowest BCUT2D eigenvalue weighted by Crippen LogP contribution is -2.22. The topological polar surface area (TPSA) is 121 Å². The summed E-state index contributed by atoms with van der Waals surface area (Å²) < 4.78 is 52.6. The van der Waals surface area contributed by atoms with E-state index in [-0.39, 0.29) is 10.4 Å². The molecule has 2 aromatic carbocycles. The molecule has 172 valence electrons. The molecule has 1 atom stereocenters. The van der Waals surface area contributed by atoms with Gasteiger partial charge >= 0.3 is 0 Å². The van der Waals surface area contributed by atoms with Gasteiger partial charge in [0.25, 0.3) is 15.6 Å². The minimum atomic E-state index is -4.01. The Balaban J connectivity index is 1.96. The molecule has 0 bridgehead atoms. The van der Waals surface area contributed by atoms with Gasteiger partial charge in [-0.25, -0.2) is 25.9 Å². The van der Waals surface area contributed by atoms with E-state index in [4.69, 9.17) is 5.14 Å². The Kier molecular flexibility index (Phi) is 5.55. The zero-order chi connectivity index (χ0) is 24.1. The molecule has 0 aliphatic carbocycles. The van der Waals surface area contributed by atoms with Crippen molar-refractivity contribution in [3.8, 4) is 11.1 Å². The lowest BCUT2D eigenvalue weighted by Gasteiger charge is -2.13. The lowest BCUT2D eigenvalue weighted by atomic mass is 10.0. The first-order valence-corrected chi connectivity index (χ1v) is 13.1. The second-order valence-electron chi connectivity index (χ2n) is 8.01. The summed E-state index contributed by atoms with van der Waals surface area (Å²) in [5.74, 6) is 0. The number of fused-ring (bicyclic) bond motifs is 1. The second kappa shape index (κ2) is 7.98. The van der Waals surface area contributed by atoms with Crippen molar-refractivity contribution in [2.45, 2.75) is 24.0 Å². The first kappa shape index (κ1) is 23.0. The average molecular weight is 486 g/mol. The third-order valence-corrected chi connectivity index (χ3v) is 8.67. The van der Waals surface area contributed by atoms with Gasteiger partial charge in [0.1, 0.15) is 5.52 Å². The molecule has 2 heterocycles. The van der Waals surface area contributed by atoms with Crippen LogP contribution in [-0.2, 0) is 27.1 Å². The van der Waals surface area contributed by atoms with Crippen LogP contribution in [0.25, 0.3) is 22.0 Å². The monoisotopic (exact) mass is 485 g/mol. The third-order valence-electron chi connectivity index (χ3n) is 5.73. The van der Waals surface area contributed by atoms with E-state index in [0.717, 1.165) is 9.54 Å². The van der Waals surface area contributed by atoms with Gasteiger partial charge in [0.15, 0.2) is 0 Å². The first-order valence-electron chi connectivity index (χ1n) is 10.1. The first-order chi connectivity index (χ1) is 15.4. The highest BCUT2D eigenvalue weighted by Crippen LogP contribution is 2.32. The van der Waals surface area contributed by atoms with Crippen LogP contribution in [0, 0.1) is 6.92 Å². The quantitative estimate of drug-likeness (QED) is 0.466. The van der Waals surface area contributed by atoms with Crippen molar-refractivity contribution in [2.24, 2.45) is 12.2 Å². The molecule has 2 N–H and O–H groups in total. The molecule has 10 heteroatoms. The molecule has 0 saturated carbocycles. The summed E-state index contributed by atoms with van der Waals surface area (Å²) in [7, 11) is -6.27. The second-order valence-corrected chi connectivity index (χ2v) is 11.7. The molecule has 33 heavy (non-hydrogen) atoms. The fourth-order valence-corrected chi connectivity index (χ4v) is 5.60. The van der Waals surface area contributed by atoms with Gasteiger partial charge in [0.05, 0.1) is 10.1 Å². The van der Waals surface area contributed by atoms with Gasteiger partial charge in [-0.05, 0) is 49.2 Å². The molecular weight excluding hydrogens is 462 g/mol. The van der Waals surface area contributed by atoms with E-state index in [1.807, 2.05) is 6.92 Å². The minimum Gasteiger partial charge on any atom is -0.316 e. The summed E-state index contributed by atoms with van der Waals surface area (Å²) in [6, 6.07) is 14.8. The fraction of sp³-hybridized carbons (Fsp3) is 0.174. The number of primary sulfonamides is 1. The van der Waals surface area contributed by atoms with Crippen molar-refractivity contribution in [3.05, 3.63) is 88.5 Å².